The predicted molar refractivity (Wildman–Crippen MR) is 57.8 cm³/mol. The Kier molecular flexibility index (Phi) is 2.26. The zero-order valence-electron chi connectivity index (χ0n) is 7.66. The van der Waals surface area contributed by atoms with Gasteiger partial charge in [0, 0.05) is 22.6 Å². The van der Waals surface area contributed by atoms with Crippen LogP contribution in [0.2, 0.25) is 0 Å². The molecule has 3 nitrogen and oxygen atoms in total. The maximum Gasteiger partial charge on any atom is 0.142 e. The zero-order chi connectivity index (χ0) is 10.1. The molecule has 0 bridgehead atoms. The number of aryl methyl sites for hydroxylation is 1. The molecule has 0 atom stereocenters. The Labute approximate surface area is 90.1 Å². The standard InChI is InChI=1S/C10H8BrN3/c1-2-14-6-9(11)8-4-3-7(5-12)13-10(8)14/h3-4,6H,2H2,1H3. The molecule has 2 rings (SSSR count). The molecule has 4 heteroatoms. The van der Waals surface area contributed by atoms with E-state index in [-0.39, 0.29) is 0 Å². The van der Waals surface area contributed by atoms with E-state index in [1.54, 1.807) is 6.07 Å². The number of halogens is 1. The topological polar surface area (TPSA) is 41.6 Å². The SMILES string of the molecule is CCn1cc(Br)c2ccc(C#N)nc21. The Bertz CT molecular complexity index is 522. The summed E-state index contributed by atoms with van der Waals surface area (Å²) in [6.07, 6.45) is 1.98. The number of nitrogens with zero attached hydrogens (tertiary/aromatic N) is 3. The van der Waals surface area contributed by atoms with Crippen LogP contribution >= 0.6 is 15.9 Å². The second-order valence-corrected chi connectivity index (χ2v) is 3.80. The van der Waals surface area contributed by atoms with Crippen LogP contribution in [0.3, 0.4) is 0 Å². The molecule has 0 aliphatic rings. The lowest BCUT2D eigenvalue weighted by molar-refractivity contribution is 0.786. The lowest BCUT2D eigenvalue weighted by atomic mass is 10.3. The number of pyridine rings is 1. The van der Waals surface area contributed by atoms with E-state index in [2.05, 4.69) is 20.9 Å². The second-order valence-electron chi connectivity index (χ2n) is 2.94. The third kappa shape index (κ3) is 1.30. The van der Waals surface area contributed by atoms with Crippen molar-refractivity contribution in [3.05, 3.63) is 28.5 Å². The molecular weight excluding hydrogens is 242 g/mol. The highest BCUT2D eigenvalue weighted by Gasteiger charge is 2.07. The second kappa shape index (κ2) is 3.43. The van der Waals surface area contributed by atoms with Crippen molar-refractivity contribution in [1.29, 1.82) is 5.26 Å². The van der Waals surface area contributed by atoms with E-state index in [0.717, 1.165) is 22.1 Å². The number of aromatic nitrogens is 2. The van der Waals surface area contributed by atoms with E-state index in [9.17, 15) is 0 Å². The molecule has 0 amide bonds. The highest BCUT2D eigenvalue weighted by Crippen LogP contribution is 2.24. The van der Waals surface area contributed by atoms with Gasteiger partial charge in [0.15, 0.2) is 0 Å². The Balaban J connectivity index is 2.79. The maximum absolute atomic E-state index is 8.73. The van der Waals surface area contributed by atoms with Crippen molar-refractivity contribution >= 4 is 27.0 Å². The van der Waals surface area contributed by atoms with Crippen molar-refractivity contribution in [2.75, 3.05) is 0 Å². The van der Waals surface area contributed by atoms with Crippen molar-refractivity contribution in [3.63, 3.8) is 0 Å². The minimum Gasteiger partial charge on any atom is -0.332 e. The van der Waals surface area contributed by atoms with Crippen LogP contribution in [0.15, 0.2) is 22.8 Å². The Hall–Kier alpha value is -1.34. The average Bonchev–Trinajstić information content (AvgIpc) is 2.55. The first-order valence-electron chi connectivity index (χ1n) is 4.31. The molecule has 0 radical (unpaired) electrons. The summed E-state index contributed by atoms with van der Waals surface area (Å²) in [5.74, 6) is 0. The Morgan fingerprint density at radius 3 is 3.00 bits per heavy atom. The van der Waals surface area contributed by atoms with Gasteiger partial charge < -0.3 is 4.57 Å². The van der Waals surface area contributed by atoms with E-state index in [0.29, 0.717) is 5.69 Å². The smallest absolute Gasteiger partial charge is 0.142 e. The summed E-state index contributed by atoms with van der Waals surface area (Å²) in [6.45, 7) is 2.90. The van der Waals surface area contributed by atoms with E-state index >= 15 is 0 Å². The Morgan fingerprint density at radius 2 is 2.36 bits per heavy atom. The molecule has 0 unspecified atom stereocenters. The third-order valence-corrected chi connectivity index (χ3v) is 2.76. The molecule has 2 aromatic rings. The molecule has 0 aliphatic carbocycles. The summed E-state index contributed by atoms with van der Waals surface area (Å²) >= 11 is 3.46. The van der Waals surface area contributed by atoms with Crippen molar-refractivity contribution < 1.29 is 0 Å². The number of hydrogen-bond acceptors (Lipinski definition) is 2. The minimum atomic E-state index is 0.456. The van der Waals surface area contributed by atoms with Crippen molar-refractivity contribution in [1.82, 2.24) is 9.55 Å². The minimum absolute atomic E-state index is 0.456. The van der Waals surface area contributed by atoms with E-state index in [4.69, 9.17) is 5.26 Å². The summed E-state index contributed by atoms with van der Waals surface area (Å²) in [7, 11) is 0. The molecule has 0 saturated carbocycles. The molecule has 0 fully saturated rings. The Morgan fingerprint density at radius 1 is 1.57 bits per heavy atom. The van der Waals surface area contributed by atoms with Crippen LogP contribution in [-0.4, -0.2) is 9.55 Å². The van der Waals surface area contributed by atoms with Crippen LogP contribution in [-0.2, 0) is 6.54 Å². The van der Waals surface area contributed by atoms with Crippen LogP contribution in [0.1, 0.15) is 12.6 Å². The first-order valence-corrected chi connectivity index (χ1v) is 5.11. The third-order valence-electron chi connectivity index (χ3n) is 2.13. The molecule has 2 aromatic heterocycles. The van der Waals surface area contributed by atoms with Gasteiger partial charge in [0.25, 0.3) is 0 Å². The van der Waals surface area contributed by atoms with E-state index < -0.39 is 0 Å². The van der Waals surface area contributed by atoms with Crippen molar-refractivity contribution in [3.8, 4) is 6.07 Å². The molecule has 0 N–H and O–H groups in total. The van der Waals surface area contributed by atoms with Crippen LogP contribution in [0, 0.1) is 11.3 Å². The van der Waals surface area contributed by atoms with Gasteiger partial charge in [-0.15, -0.1) is 0 Å². The van der Waals surface area contributed by atoms with Crippen LogP contribution in [0.5, 0.6) is 0 Å². The largest absolute Gasteiger partial charge is 0.332 e. The van der Waals surface area contributed by atoms with Gasteiger partial charge in [-0.1, -0.05) is 0 Å². The first kappa shape index (κ1) is 9.22. The number of hydrogen-bond donors (Lipinski definition) is 0. The summed E-state index contributed by atoms with van der Waals surface area (Å²) in [4.78, 5) is 4.26. The van der Waals surface area contributed by atoms with Crippen LogP contribution in [0.25, 0.3) is 11.0 Å². The number of rotatable bonds is 1. The molecule has 14 heavy (non-hydrogen) atoms. The van der Waals surface area contributed by atoms with Gasteiger partial charge in [-0.25, -0.2) is 4.98 Å². The summed E-state index contributed by atoms with van der Waals surface area (Å²) in [6, 6.07) is 5.68. The van der Waals surface area contributed by atoms with Gasteiger partial charge in [0.2, 0.25) is 0 Å². The average molecular weight is 250 g/mol. The summed E-state index contributed by atoms with van der Waals surface area (Å²) < 4.78 is 3.03. The van der Waals surface area contributed by atoms with E-state index in [1.807, 2.05) is 29.8 Å². The normalized spacial score (nSPS) is 10.4. The summed E-state index contributed by atoms with van der Waals surface area (Å²) in [5.41, 5.74) is 1.32. The zero-order valence-corrected chi connectivity index (χ0v) is 9.24. The summed E-state index contributed by atoms with van der Waals surface area (Å²) in [5, 5.41) is 9.78. The maximum atomic E-state index is 8.73. The highest BCUT2D eigenvalue weighted by atomic mass is 79.9. The van der Waals surface area contributed by atoms with Gasteiger partial charge in [0.1, 0.15) is 17.4 Å². The van der Waals surface area contributed by atoms with Gasteiger partial charge in [-0.2, -0.15) is 5.26 Å². The van der Waals surface area contributed by atoms with Crippen LogP contribution < -0.4 is 0 Å². The first-order chi connectivity index (χ1) is 6.76. The molecule has 0 aliphatic heterocycles. The monoisotopic (exact) mass is 249 g/mol. The number of fused-ring (bicyclic) bond motifs is 1. The van der Waals surface area contributed by atoms with E-state index in [1.165, 1.54) is 0 Å². The van der Waals surface area contributed by atoms with Gasteiger partial charge >= 0.3 is 0 Å². The lowest BCUT2D eigenvalue weighted by Gasteiger charge is -1.98. The molecule has 70 valence electrons. The van der Waals surface area contributed by atoms with Gasteiger partial charge in [0.05, 0.1) is 0 Å². The molecule has 0 spiro atoms. The van der Waals surface area contributed by atoms with Gasteiger partial charge in [-0.3, -0.25) is 0 Å². The lowest BCUT2D eigenvalue weighted by Crippen LogP contribution is -1.94. The molecule has 0 saturated heterocycles. The predicted octanol–water partition coefficient (Wildman–Crippen LogP) is 2.69. The van der Waals surface area contributed by atoms with Crippen molar-refractivity contribution in [2.24, 2.45) is 0 Å². The van der Waals surface area contributed by atoms with Crippen molar-refractivity contribution in [2.45, 2.75) is 13.5 Å². The fraction of sp³-hybridized carbons (Fsp3) is 0.200. The fourth-order valence-electron chi connectivity index (χ4n) is 1.42. The van der Waals surface area contributed by atoms with Gasteiger partial charge in [-0.05, 0) is 35.0 Å². The quantitative estimate of drug-likeness (QED) is 0.780. The molecule has 0 aromatic carbocycles. The molecular formula is C10H8BrN3. The number of nitriles is 1. The van der Waals surface area contributed by atoms with Crippen LogP contribution in [0.4, 0.5) is 0 Å². The highest BCUT2D eigenvalue weighted by molar-refractivity contribution is 9.10. The fourth-order valence-corrected chi connectivity index (χ4v) is 1.98. The molecule has 2 heterocycles.